The molecule has 0 N–H and O–H groups in total. The SMILES string of the molecule is COC/C=C/CCC[C@H]1C[C@H]2CC[C@@H]1C2. The van der Waals surface area contributed by atoms with Crippen LogP contribution in [0.3, 0.4) is 0 Å². The van der Waals surface area contributed by atoms with E-state index in [0.29, 0.717) is 0 Å². The van der Waals surface area contributed by atoms with Crippen molar-refractivity contribution in [1.29, 1.82) is 0 Å². The fraction of sp³-hybridized carbons (Fsp3) is 0.857. The molecule has 1 nitrogen and oxygen atoms in total. The smallest absolute Gasteiger partial charge is 0.0643 e. The van der Waals surface area contributed by atoms with Crippen LogP contribution >= 0.6 is 0 Å². The summed E-state index contributed by atoms with van der Waals surface area (Å²) in [6.45, 7) is 0.772. The number of ether oxygens (including phenoxy) is 1. The monoisotopic (exact) mass is 208 g/mol. The predicted octanol–water partition coefficient (Wildman–Crippen LogP) is 3.80. The molecule has 0 unspecified atom stereocenters. The lowest BCUT2D eigenvalue weighted by Gasteiger charge is -2.20. The van der Waals surface area contributed by atoms with Crippen molar-refractivity contribution in [3.05, 3.63) is 12.2 Å². The van der Waals surface area contributed by atoms with Crippen molar-refractivity contribution in [2.24, 2.45) is 17.8 Å². The van der Waals surface area contributed by atoms with Gasteiger partial charge in [0, 0.05) is 7.11 Å². The Morgan fingerprint density at radius 2 is 2.13 bits per heavy atom. The fourth-order valence-electron chi connectivity index (χ4n) is 3.51. The second-order valence-corrected chi connectivity index (χ2v) is 5.29. The van der Waals surface area contributed by atoms with Crippen LogP contribution in [0.4, 0.5) is 0 Å². The van der Waals surface area contributed by atoms with Crippen LogP contribution in [0.15, 0.2) is 12.2 Å². The minimum Gasteiger partial charge on any atom is -0.381 e. The molecule has 2 rings (SSSR count). The van der Waals surface area contributed by atoms with Crippen molar-refractivity contribution in [1.82, 2.24) is 0 Å². The average molecular weight is 208 g/mol. The van der Waals surface area contributed by atoms with Crippen molar-refractivity contribution >= 4 is 0 Å². The average Bonchev–Trinajstić information content (AvgIpc) is 2.85. The molecule has 0 aromatic heterocycles. The van der Waals surface area contributed by atoms with Gasteiger partial charge in [0.25, 0.3) is 0 Å². The van der Waals surface area contributed by atoms with Gasteiger partial charge in [0.05, 0.1) is 6.61 Å². The van der Waals surface area contributed by atoms with Gasteiger partial charge in [-0.15, -0.1) is 0 Å². The Morgan fingerprint density at radius 3 is 2.80 bits per heavy atom. The summed E-state index contributed by atoms with van der Waals surface area (Å²) < 4.78 is 4.98. The molecule has 0 saturated heterocycles. The Morgan fingerprint density at radius 1 is 1.20 bits per heavy atom. The minimum atomic E-state index is 0.772. The molecule has 3 atom stereocenters. The molecule has 0 aliphatic heterocycles. The number of unbranched alkanes of at least 4 members (excludes halogenated alkanes) is 1. The van der Waals surface area contributed by atoms with Crippen molar-refractivity contribution in [3.63, 3.8) is 0 Å². The molecule has 0 spiro atoms. The normalized spacial score (nSPS) is 34.3. The molecule has 86 valence electrons. The summed E-state index contributed by atoms with van der Waals surface area (Å²) in [5.74, 6) is 3.31. The van der Waals surface area contributed by atoms with Gasteiger partial charge in [-0.3, -0.25) is 0 Å². The summed E-state index contributed by atoms with van der Waals surface area (Å²) in [7, 11) is 1.75. The van der Waals surface area contributed by atoms with E-state index in [1.807, 2.05) is 0 Å². The zero-order valence-electron chi connectivity index (χ0n) is 9.95. The highest BCUT2D eigenvalue weighted by Crippen LogP contribution is 2.49. The zero-order valence-corrected chi connectivity index (χ0v) is 9.95. The summed E-state index contributed by atoms with van der Waals surface area (Å²) in [5.41, 5.74) is 0. The van der Waals surface area contributed by atoms with E-state index in [1.54, 1.807) is 20.0 Å². The molecule has 0 aromatic rings. The number of fused-ring (bicyclic) bond motifs is 2. The van der Waals surface area contributed by atoms with Crippen LogP contribution in [0.2, 0.25) is 0 Å². The van der Waals surface area contributed by atoms with Gasteiger partial charge in [0.1, 0.15) is 0 Å². The maximum absolute atomic E-state index is 4.98. The highest BCUT2D eigenvalue weighted by atomic mass is 16.5. The Balaban J connectivity index is 1.55. The number of allylic oxidation sites excluding steroid dienone is 1. The Hall–Kier alpha value is -0.300. The van der Waals surface area contributed by atoms with Crippen molar-refractivity contribution in [3.8, 4) is 0 Å². The highest BCUT2D eigenvalue weighted by Gasteiger charge is 2.38. The lowest BCUT2D eigenvalue weighted by atomic mass is 9.85. The Kier molecular flexibility index (Phi) is 4.25. The van der Waals surface area contributed by atoms with Crippen molar-refractivity contribution in [2.45, 2.75) is 44.9 Å². The first-order chi connectivity index (χ1) is 7.40. The molecule has 0 radical (unpaired) electrons. The van der Waals surface area contributed by atoms with Crippen LogP contribution in [0.1, 0.15) is 44.9 Å². The quantitative estimate of drug-likeness (QED) is 0.476. The van der Waals surface area contributed by atoms with Gasteiger partial charge < -0.3 is 4.74 Å². The lowest BCUT2D eigenvalue weighted by Crippen LogP contribution is -2.09. The summed E-state index contributed by atoms with van der Waals surface area (Å²) >= 11 is 0. The van der Waals surface area contributed by atoms with Gasteiger partial charge in [0.15, 0.2) is 0 Å². The standard InChI is InChI=1S/C14H24O/c1-15-9-5-3-2-4-6-13-10-12-7-8-14(13)11-12/h3,5,12-14H,2,4,6-11H2,1H3/b5-3+/t12-,13+,14-/m1/s1. The van der Waals surface area contributed by atoms with Crippen LogP contribution < -0.4 is 0 Å². The predicted molar refractivity (Wildman–Crippen MR) is 63.8 cm³/mol. The molecule has 15 heavy (non-hydrogen) atoms. The van der Waals surface area contributed by atoms with E-state index in [2.05, 4.69) is 12.2 Å². The summed E-state index contributed by atoms with van der Waals surface area (Å²) in [6.07, 6.45) is 14.7. The minimum absolute atomic E-state index is 0.772. The Labute approximate surface area is 93.9 Å². The van der Waals surface area contributed by atoms with Crippen LogP contribution in [0.5, 0.6) is 0 Å². The molecule has 2 bridgehead atoms. The van der Waals surface area contributed by atoms with E-state index in [-0.39, 0.29) is 0 Å². The molecule has 0 aromatic carbocycles. The summed E-state index contributed by atoms with van der Waals surface area (Å²) in [5, 5.41) is 0. The fourth-order valence-corrected chi connectivity index (χ4v) is 3.51. The van der Waals surface area contributed by atoms with Crippen LogP contribution in [0.25, 0.3) is 0 Å². The lowest BCUT2D eigenvalue weighted by molar-refractivity contribution is 0.233. The molecular weight excluding hydrogens is 184 g/mol. The zero-order chi connectivity index (χ0) is 10.5. The largest absolute Gasteiger partial charge is 0.381 e. The number of rotatable bonds is 6. The van der Waals surface area contributed by atoms with E-state index in [9.17, 15) is 0 Å². The summed E-state index contributed by atoms with van der Waals surface area (Å²) in [4.78, 5) is 0. The first-order valence-corrected chi connectivity index (χ1v) is 6.54. The van der Waals surface area contributed by atoms with Crippen molar-refractivity contribution < 1.29 is 4.74 Å². The molecule has 2 saturated carbocycles. The van der Waals surface area contributed by atoms with E-state index < -0.39 is 0 Å². The van der Waals surface area contributed by atoms with Crippen molar-refractivity contribution in [2.75, 3.05) is 13.7 Å². The number of hydrogen-bond acceptors (Lipinski definition) is 1. The van der Waals surface area contributed by atoms with Gasteiger partial charge in [-0.1, -0.05) is 18.6 Å². The number of hydrogen-bond donors (Lipinski definition) is 0. The molecule has 0 heterocycles. The van der Waals surface area contributed by atoms with Gasteiger partial charge in [-0.05, 0) is 56.3 Å². The van der Waals surface area contributed by atoms with E-state index in [1.165, 1.54) is 32.1 Å². The second-order valence-electron chi connectivity index (χ2n) is 5.29. The van der Waals surface area contributed by atoms with Crippen LogP contribution in [-0.2, 0) is 4.74 Å². The summed E-state index contributed by atoms with van der Waals surface area (Å²) in [6, 6.07) is 0. The van der Waals surface area contributed by atoms with Gasteiger partial charge in [0.2, 0.25) is 0 Å². The third kappa shape index (κ3) is 3.07. The van der Waals surface area contributed by atoms with Crippen LogP contribution in [0, 0.1) is 17.8 Å². The van der Waals surface area contributed by atoms with Gasteiger partial charge in [-0.25, -0.2) is 0 Å². The highest BCUT2D eigenvalue weighted by molar-refractivity contribution is 4.90. The molecule has 2 aliphatic rings. The first kappa shape index (κ1) is 11.2. The third-order valence-electron chi connectivity index (χ3n) is 4.26. The van der Waals surface area contributed by atoms with Crippen LogP contribution in [-0.4, -0.2) is 13.7 Å². The van der Waals surface area contributed by atoms with E-state index >= 15 is 0 Å². The first-order valence-electron chi connectivity index (χ1n) is 6.54. The molecule has 2 fully saturated rings. The molecule has 1 heteroatoms. The number of methoxy groups -OCH3 is 1. The molecular formula is C14H24O. The maximum atomic E-state index is 4.98. The molecule has 0 amide bonds. The van der Waals surface area contributed by atoms with E-state index in [0.717, 1.165) is 24.4 Å². The Bertz CT molecular complexity index is 209. The van der Waals surface area contributed by atoms with Gasteiger partial charge in [-0.2, -0.15) is 0 Å². The topological polar surface area (TPSA) is 9.23 Å². The van der Waals surface area contributed by atoms with Gasteiger partial charge >= 0.3 is 0 Å². The second kappa shape index (κ2) is 5.69. The van der Waals surface area contributed by atoms with E-state index in [4.69, 9.17) is 4.74 Å². The molecule has 2 aliphatic carbocycles. The third-order valence-corrected chi connectivity index (χ3v) is 4.26. The maximum Gasteiger partial charge on any atom is 0.0643 e.